The zero-order valence-electron chi connectivity index (χ0n) is 13.9. The van der Waals surface area contributed by atoms with Crippen LogP contribution in [-0.2, 0) is 6.54 Å². The van der Waals surface area contributed by atoms with Gasteiger partial charge < -0.3 is 4.90 Å². The summed E-state index contributed by atoms with van der Waals surface area (Å²) in [6.07, 6.45) is 4.58. The first kappa shape index (κ1) is 17.7. The molecule has 128 valence electrons. The molecule has 2 aromatic heterocycles. The maximum Gasteiger partial charge on any atom is 0.254 e. The molecule has 3 rings (SSSR count). The summed E-state index contributed by atoms with van der Waals surface area (Å²) < 4.78 is 0. The monoisotopic (exact) mass is 368 g/mol. The predicted molar refractivity (Wildman–Crippen MR) is 105 cm³/mol. The molecule has 0 N–H and O–H groups in total. The van der Waals surface area contributed by atoms with Gasteiger partial charge in [-0.1, -0.05) is 24.3 Å². The molecule has 0 aliphatic carbocycles. The molecule has 0 unspecified atom stereocenters. The van der Waals surface area contributed by atoms with Gasteiger partial charge in [-0.15, -0.1) is 23.1 Å². The highest BCUT2D eigenvalue weighted by Gasteiger charge is 2.16. The number of hydrogen-bond donors (Lipinski definition) is 0. The van der Waals surface area contributed by atoms with E-state index in [1.54, 1.807) is 23.1 Å². The first-order chi connectivity index (χ1) is 12.3. The SMILES string of the molecule is O=C(c1ccccc1)N(CCCSc1ccncc1)Cc1cccs1. The second kappa shape index (κ2) is 9.39. The molecule has 25 heavy (non-hydrogen) atoms. The Balaban J connectivity index is 1.59. The second-order valence-electron chi connectivity index (χ2n) is 5.56. The molecule has 0 saturated heterocycles. The van der Waals surface area contributed by atoms with Gasteiger partial charge in [-0.3, -0.25) is 9.78 Å². The molecule has 5 heteroatoms. The van der Waals surface area contributed by atoms with Gasteiger partial charge in [-0.2, -0.15) is 0 Å². The minimum atomic E-state index is 0.0999. The first-order valence-electron chi connectivity index (χ1n) is 8.22. The molecule has 0 aliphatic heterocycles. The Morgan fingerprint density at radius 3 is 2.56 bits per heavy atom. The fourth-order valence-corrected chi connectivity index (χ4v) is 4.03. The van der Waals surface area contributed by atoms with E-state index in [1.807, 2.05) is 65.8 Å². The van der Waals surface area contributed by atoms with E-state index in [9.17, 15) is 4.79 Å². The highest BCUT2D eigenvalue weighted by molar-refractivity contribution is 7.99. The summed E-state index contributed by atoms with van der Waals surface area (Å²) >= 11 is 3.50. The standard InChI is InChI=1S/C20H20N2OS2/c23-20(17-6-2-1-3-7-17)22(16-19-8-4-14-25-19)13-5-15-24-18-9-11-21-12-10-18/h1-4,6-12,14H,5,13,15-16H2. The second-order valence-corrected chi connectivity index (χ2v) is 7.76. The van der Waals surface area contributed by atoms with Crippen molar-refractivity contribution in [3.05, 3.63) is 82.8 Å². The lowest BCUT2D eigenvalue weighted by molar-refractivity contribution is 0.0745. The Morgan fingerprint density at radius 1 is 1.04 bits per heavy atom. The van der Waals surface area contributed by atoms with Gasteiger partial charge in [0.2, 0.25) is 0 Å². The van der Waals surface area contributed by atoms with Crippen LogP contribution in [0.4, 0.5) is 0 Å². The van der Waals surface area contributed by atoms with Crippen molar-refractivity contribution in [2.75, 3.05) is 12.3 Å². The molecule has 2 heterocycles. The molecule has 0 radical (unpaired) electrons. The largest absolute Gasteiger partial charge is 0.333 e. The van der Waals surface area contributed by atoms with E-state index in [1.165, 1.54) is 9.77 Å². The lowest BCUT2D eigenvalue weighted by Gasteiger charge is -2.22. The maximum atomic E-state index is 12.9. The molecule has 0 saturated carbocycles. The minimum Gasteiger partial charge on any atom is -0.333 e. The van der Waals surface area contributed by atoms with Gasteiger partial charge in [-0.25, -0.2) is 0 Å². The van der Waals surface area contributed by atoms with Gasteiger partial charge in [0, 0.05) is 34.3 Å². The molecule has 1 amide bonds. The van der Waals surface area contributed by atoms with Crippen molar-refractivity contribution < 1.29 is 4.79 Å². The summed E-state index contributed by atoms with van der Waals surface area (Å²) in [5.41, 5.74) is 0.751. The van der Waals surface area contributed by atoms with Crippen LogP contribution in [0.3, 0.4) is 0 Å². The number of thioether (sulfide) groups is 1. The van der Waals surface area contributed by atoms with Crippen LogP contribution in [0.15, 0.2) is 77.3 Å². The quantitative estimate of drug-likeness (QED) is 0.416. The minimum absolute atomic E-state index is 0.0999. The van der Waals surface area contributed by atoms with Gasteiger partial charge in [0.15, 0.2) is 0 Å². The topological polar surface area (TPSA) is 33.2 Å². The van der Waals surface area contributed by atoms with E-state index in [2.05, 4.69) is 16.4 Å². The lowest BCUT2D eigenvalue weighted by Crippen LogP contribution is -2.31. The fourth-order valence-electron chi connectivity index (χ4n) is 2.49. The number of hydrogen-bond acceptors (Lipinski definition) is 4. The number of aromatic nitrogens is 1. The zero-order chi connectivity index (χ0) is 17.3. The van der Waals surface area contributed by atoms with E-state index >= 15 is 0 Å². The van der Waals surface area contributed by atoms with Gasteiger partial charge in [-0.05, 0) is 47.9 Å². The number of carbonyl (C=O) groups is 1. The summed E-state index contributed by atoms with van der Waals surface area (Å²) in [7, 11) is 0. The molecule has 0 bridgehead atoms. The van der Waals surface area contributed by atoms with E-state index in [-0.39, 0.29) is 5.91 Å². The van der Waals surface area contributed by atoms with Gasteiger partial charge in [0.1, 0.15) is 0 Å². The number of thiophene rings is 1. The number of amides is 1. The molecule has 0 atom stereocenters. The predicted octanol–water partition coefficient (Wildman–Crippen LogP) is 4.97. The maximum absolute atomic E-state index is 12.9. The van der Waals surface area contributed by atoms with Crippen LogP contribution in [-0.4, -0.2) is 28.1 Å². The van der Waals surface area contributed by atoms with Gasteiger partial charge in [0.25, 0.3) is 5.91 Å². The number of pyridine rings is 1. The van der Waals surface area contributed by atoms with E-state index in [0.29, 0.717) is 6.54 Å². The van der Waals surface area contributed by atoms with Crippen LogP contribution < -0.4 is 0 Å². The van der Waals surface area contributed by atoms with Crippen molar-refractivity contribution in [3.63, 3.8) is 0 Å². The summed E-state index contributed by atoms with van der Waals surface area (Å²) in [4.78, 5) is 21.3. The smallest absolute Gasteiger partial charge is 0.254 e. The Kier molecular flexibility index (Phi) is 6.65. The van der Waals surface area contributed by atoms with Crippen LogP contribution >= 0.6 is 23.1 Å². The zero-order valence-corrected chi connectivity index (χ0v) is 15.5. The summed E-state index contributed by atoms with van der Waals surface area (Å²) in [6.45, 7) is 1.43. The summed E-state index contributed by atoms with van der Waals surface area (Å²) in [5.74, 6) is 1.08. The average molecular weight is 369 g/mol. The van der Waals surface area contributed by atoms with Crippen molar-refractivity contribution >= 4 is 29.0 Å². The van der Waals surface area contributed by atoms with Crippen LogP contribution in [0.5, 0.6) is 0 Å². The first-order valence-corrected chi connectivity index (χ1v) is 10.1. The number of rotatable bonds is 8. The number of benzene rings is 1. The molecule has 3 nitrogen and oxygen atoms in total. The average Bonchev–Trinajstić information content (AvgIpc) is 3.18. The van der Waals surface area contributed by atoms with Crippen LogP contribution in [0.1, 0.15) is 21.7 Å². The van der Waals surface area contributed by atoms with E-state index in [4.69, 9.17) is 0 Å². The molecule has 3 aromatic rings. The summed E-state index contributed by atoms with van der Waals surface area (Å²) in [5, 5.41) is 2.06. The Hall–Kier alpha value is -2.11. The summed E-state index contributed by atoms with van der Waals surface area (Å²) in [6, 6.07) is 17.7. The van der Waals surface area contributed by atoms with E-state index in [0.717, 1.165) is 24.3 Å². The van der Waals surface area contributed by atoms with Crippen LogP contribution in [0.2, 0.25) is 0 Å². The van der Waals surface area contributed by atoms with Crippen LogP contribution in [0, 0.1) is 0 Å². The van der Waals surface area contributed by atoms with Crippen molar-refractivity contribution in [2.24, 2.45) is 0 Å². The molecule has 1 aromatic carbocycles. The number of nitrogens with zero attached hydrogens (tertiary/aromatic N) is 2. The molecule has 0 spiro atoms. The van der Waals surface area contributed by atoms with Crippen LogP contribution in [0.25, 0.3) is 0 Å². The highest BCUT2D eigenvalue weighted by atomic mass is 32.2. The molecular weight excluding hydrogens is 348 g/mol. The van der Waals surface area contributed by atoms with Gasteiger partial charge >= 0.3 is 0 Å². The van der Waals surface area contributed by atoms with Crippen molar-refractivity contribution in [1.82, 2.24) is 9.88 Å². The normalized spacial score (nSPS) is 10.6. The van der Waals surface area contributed by atoms with Crippen molar-refractivity contribution in [3.8, 4) is 0 Å². The van der Waals surface area contributed by atoms with E-state index < -0.39 is 0 Å². The third-order valence-corrected chi connectivity index (χ3v) is 5.69. The highest BCUT2D eigenvalue weighted by Crippen LogP contribution is 2.19. The fraction of sp³-hybridized carbons (Fsp3) is 0.200. The van der Waals surface area contributed by atoms with Gasteiger partial charge in [0.05, 0.1) is 6.54 Å². The number of carbonyl (C=O) groups excluding carboxylic acids is 1. The molecule has 0 aliphatic rings. The Labute approximate surface area is 156 Å². The van der Waals surface area contributed by atoms with Crippen molar-refractivity contribution in [1.29, 1.82) is 0 Å². The Bertz CT molecular complexity index is 761. The van der Waals surface area contributed by atoms with Crippen molar-refractivity contribution in [2.45, 2.75) is 17.9 Å². The molecule has 0 fully saturated rings. The molecular formula is C20H20N2OS2. The third kappa shape index (κ3) is 5.44. The third-order valence-electron chi connectivity index (χ3n) is 3.73. The Morgan fingerprint density at radius 2 is 1.84 bits per heavy atom. The lowest BCUT2D eigenvalue weighted by atomic mass is 10.2.